The van der Waals surface area contributed by atoms with Gasteiger partial charge in [0.2, 0.25) is 0 Å². The molecule has 0 aliphatic carbocycles. The number of halogens is 3. The minimum absolute atomic E-state index is 0.0285. The molecule has 1 fully saturated rings. The Hall–Kier alpha value is -3.67. The molecule has 0 spiro atoms. The van der Waals surface area contributed by atoms with Crippen molar-refractivity contribution in [3.8, 4) is 6.07 Å². The topological polar surface area (TPSA) is 73.1 Å². The van der Waals surface area contributed by atoms with Crippen molar-refractivity contribution in [2.24, 2.45) is 0 Å². The summed E-state index contributed by atoms with van der Waals surface area (Å²) in [6.07, 6.45) is -0.746. The second kappa shape index (κ2) is 6.74. The zero-order valence-corrected chi connectivity index (χ0v) is 15.2. The molecule has 4 rings (SSSR count). The summed E-state index contributed by atoms with van der Waals surface area (Å²) >= 11 is 0. The normalized spacial score (nSPS) is 17.1. The van der Waals surface area contributed by atoms with Gasteiger partial charge in [0.1, 0.15) is 6.04 Å². The van der Waals surface area contributed by atoms with Gasteiger partial charge >= 0.3 is 12.2 Å². The van der Waals surface area contributed by atoms with Crippen LogP contribution >= 0.6 is 0 Å². The maximum atomic E-state index is 13.2. The molecule has 0 unspecified atom stereocenters. The summed E-state index contributed by atoms with van der Waals surface area (Å²) in [6.45, 7) is 1.44. The Balaban J connectivity index is 1.81. The number of hydrogen-bond acceptors (Lipinski definition) is 4. The highest BCUT2D eigenvalue weighted by atomic mass is 19.4. The molecule has 0 bridgehead atoms. The third-order valence-corrected chi connectivity index (χ3v) is 4.84. The molecule has 1 aromatic carbocycles. The Kier molecular flexibility index (Phi) is 4.34. The summed E-state index contributed by atoms with van der Waals surface area (Å²) in [7, 11) is 0. The van der Waals surface area contributed by atoms with Gasteiger partial charge in [-0.2, -0.15) is 18.4 Å². The van der Waals surface area contributed by atoms with Gasteiger partial charge in [-0.25, -0.2) is 4.79 Å². The SMILES string of the molecule is Cc1ncc(C(F)(F)F)cc1N1C[C@H](C#N)N(c2cncc3ccccc23)C1=O. The number of carbonyl (C=O) groups excluding carboxylic acids is 1. The zero-order chi connectivity index (χ0) is 20.8. The first-order valence-electron chi connectivity index (χ1n) is 8.68. The molecule has 9 heteroatoms. The smallest absolute Gasteiger partial charge is 0.289 e. The molecule has 29 heavy (non-hydrogen) atoms. The largest absolute Gasteiger partial charge is 0.417 e. The molecule has 1 saturated heterocycles. The molecule has 1 aliphatic heterocycles. The molecule has 6 nitrogen and oxygen atoms in total. The van der Waals surface area contributed by atoms with Gasteiger partial charge in [-0.1, -0.05) is 24.3 Å². The molecule has 3 aromatic rings. The number of amides is 2. The molecule has 1 atom stereocenters. The molecule has 2 aromatic heterocycles. The van der Waals surface area contributed by atoms with E-state index in [0.717, 1.165) is 27.9 Å². The van der Waals surface area contributed by atoms with Crippen molar-refractivity contribution < 1.29 is 18.0 Å². The summed E-state index contributed by atoms with van der Waals surface area (Å²) < 4.78 is 39.4. The van der Waals surface area contributed by atoms with Gasteiger partial charge < -0.3 is 0 Å². The number of hydrogen-bond donors (Lipinski definition) is 0. The van der Waals surface area contributed by atoms with Crippen LogP contribution in [-0.2, 0) is 6.18 Å². The Morgan fingerprint density at radius 1 is 1.17 bits per heavy atom. The molecule has 0 radical (unpaired) electrons. The van der Waals surface area contributed by atoms with Crippen molar-refractivity contribution in [3.63, 3.8) is 0 Å². The van der Waals surface area contributed by atoms with Crippen LogP contribution in [0.4, 0.5) is 29.3 Å². The number of aryl methyl sites for hydroxylation is 1. The predicted octanol–water partition coefficient (Wildman–Crippen LogP) is 4.30. The number of carbonyl (C=O) groups is 1. The van der Waals surface area contributed by atoms with Crippen molar-refractivity contribution in [2.45, 2.75) is 19.1 Å². The monoisotopic (exact) mass is 397 g/mol. The fourth-order valence-electron chi connectivity index (χ4n) is 3.41. The molecular formula is C20H14F3N5O. The number of nitriles is 1. The number of aromatic nitrogens is 2. The minimum atomic E-state index is -4.59. The van der Waals surface area contributed by atoms with Crippen LogP contribution < -0.4 is 9.80 Å². The Bertz CT molecular complexity index is 1150. The first kappa shape index (κ1) is 18.7. The van der Waals surface area contributed by atoms with Gasteiger partial charge in [0.25, 0.3) is 0 Å². The van der Waals surface area contributed by atoms with Crippen LogP contribution in [0, 0.1) is 18.3 Å². The van der Waals surface area contributed by atoms with E-state index in [2.05, 4.69) is 16.0 Å². The molecule has 2 amide bonds. The predicted molar refractivity (Wildman–Crippen MR) is 100 cm³/mol. The second-order valence-electron chi connectivity index (χ2n) is 6.61. The second-order valence-corrected chi connectivity index (χ2v) is 6.61. The lowest BCUT2D eigenvalue weighted by atomic mass is 10.1. The highest BCUT2D eigenvalue weighted by molar-refractivity contribution is 6.11. The number of nitrogens with zero attached hydrogens (tertiary/aromatic N) is 5. The van der Waals surface area contributed by atoms with Gasteiger partial charge in [0.15, 0.2) is 0 Å². The lowest BCUT2D eigenvalue weighted by Crippen LogP contribution is -2.35. The molecule has 1 aliphatic rings. The average molecular weight is 397 g/mol. The van der Waals surface area contributed by atoms with Gasteiger partial charge in [0, 0.05) is 23.2 Å². The Morgan fingerprint density at radius 3 is 2.66 bits per heavy atom. The maximum Gasteiger partial charge on any atom is 0.417 e. The molecule has 0 saturated carbocycles. The number of rotatable bonds is 2. The van der Waals surface area contributed by atoms with Crippen LogP contribution in [0.5, 0.6) is 0 Å². The highest BCUT2D eigenvalue weighted by Crippen LogP contribution is 2.36. The van der Waals surface area contributed by atoms with E-state index in [9.17, 15) is 23.2 Å². The molecule has 0 N–H and O–H groups in total. The van der Waals surface area contributed by atoms with Crippen LogP contribution in [0.15, 0.2) is 48.9 Å². The van der Waals surface area contributed by atoms with Crippen molar-refractivity contribution >= 4 is 28.2 Å². The number of fused-ring (bicyclic) bond motifs is 1. The van der Waals surface area contributed by atoms with Crippen molar-refractivity contribution in [2.75, 3.05) is 16.3 Å². The zero-order valence-electron chi connectivity index (χ0n) is 15.2. The van der Waals surface area contributed by atoms with Crippen molar-refractivity contribution in [3.05, 3.63) is 60.2 Å². The summed E-state index contributed by atoms with van der Waals surface area (Å²) in [6, 6.07) is 8.72. The van der Waals surface area contributed by atoms with E-state index in [0.29, 0.717) is 5.69 Å². The fraction of sp³-hybridized carbons (Fsp3) is 0.200. The fourth-order valence-corrected chi connectivity index (χ4v) is 3.41. The van der Waals surface area contributed by atoms with Crippen LogP contribution in [0.25, 0.3) is 10.8 Å². The summed E-state index contributed by atoms with van der Waals surface area (Å²) in [5, 5.41) is 11.1. The van der Waals surface area contributed by atoms with Crippen LogP contribution in [0.2, 0.25) is 0 Å². The number of pyridine rings is 2. The standard InChI is InChI=1S/C20H14F3N5O/c1-12-17(6-14(9-26-12)20(21,22)23)27-11-15(7-24)28(19(27)29)18-10-25-8-13-4-2-3-5-16(13)18/h2-6,8-10,15H,11H2,1H3/t15-/m0/s1. The van der Waals surface area contributed by atoms with E-state index in [-0.39, 0.29) is 17.9 Å². The van der Waals surface area contributed by atoms with E-state index in [1.807, 2.05) is 12.1 Å². The van der Waals surface area contributed by atoms with Gasteiger partial charge in [0.05, 0.1) is 41.4 Å². The first-order valence-corrected chi connectivity index (χ1v) is 8.68. The van der Waals surface area contributed by atoms with Crippen LogP contribution in [0.1, 0.15) is 11.3 Å². The minimum Gasteiger partial charge on any atom is -0.289 e. The number of urea groups is 1. The maximum absolute atomic E-state index is 13.2. The van der Waals surface area contributed by atoms with E-state index < -0.39 is 23.8 Å². The number of anilines is 2. The van der Waals surface area contributed by atoms with Gasteiger partial charge in [-0.3, -0.25) is 19.8 Å². The van der Waals surface area contributed by atoms with Crippen LogP contribution in [-0.4, -0.2) is 28.6 Å². The van der Waals surface area contributed by atoms with E-state index in [4.69, 9.17) is 0 Å². The average Bonchev–Trinajstić information content (AvgIpc) is 3.03. The van der Waals surface area contributed by atoms with Gasteiger partial charge in [-0.05, 0) is 13.0 Å². The lowest BCUT2D eigenvalue weighted by Gasteiger charge is -2.22. The molecular weight excluding hydrogens is 383 g/mol. The Morgan fingerprint density at radius 2 is 1.93 bits per heavy atom. The first-order chi connectivity index (χ1) is 13.8. The molecule has 146 valence electrons. The van der Waals surface area contributed by atoms with E-state index in [1.54, 1.807) is 18.3 Å². The third kappa shape index (κ3) is 3.12. The van der Waals surface area contributed by atoms with Gasteiger partial charge in [-0.15, -0.1) is 0 Å². The summed E-state index contributed by atoms with van der Waals surface area (Å²) in [4.78, 5) is 23.6. The summed E-state index contributed by atoms with van der Waals surface area (Å²) in [5.74, 6) is 0. The van der Waals surface area contributed by atoms with Crippen LogP contribution in [0.3, 0.4) is 0 Å². The molecule has 3 heterocycles. The third-order valence-electron chi connectivity index (χ3n) is 4.84. The van der Waals surface area contributed by atoms with E-state index in [1.165, 1.54) is 18.0 Å². The Labute approximate surface area is 163 Å². The van der Waals surface area contributed by atoms with Crippen molar-refractivity contribution in [1.82, 2.24) is 9.97 Å². The highest BCUT2D eigenvalue weighted by Gasteiger charge is 2.41. The van der Waals surface area contributed by atoms with Crippen molar-refractivity contribution in [1.29, 1.82) is 5.26 Å². The number of alkyl halides is 3. The lowest BCUT2D eigenvalue weighted by molar-refractivity contribution is -0.137. The quantitative estimate of drug-likeness (QED) is 0.646. The number of benzene rings is 1. The summed E-state index contributed by atoms with van der Waals surface area (Å²) in [5.41, 5.74) is -0.230. The van der Waals surface area contributed by atoms with E-state index >= 15 is 0 Å².